The molecule has 1 aliphatic rings. The molecule has 1 amide bonds. The number of carbonyl (C=O) groups is 1. The Morgan fingerprint density at radius 1 is 0.848 bits per heavy atom. The Bertz CT molecular complexity index is 1410. The van der Waals surface area contributed by atoms with E-state index in [9.17, 15) is 4.79 Å². The van der Waals surface area contributed by atoms with Gasteiger partial charge in [-0.3, -0.25) is 4.79 Å². The van der Waals surface area contributed by atoms with Gasteiger partial charge in [0, 0.05) is 34.5 Å². The summed E-state index contributed by atoms with van der Waals surface area (Å²) in [5, 5.41) is 13.8. The predicted molar refractivity (Wildman–Crippen MR) is 131 cm³/mol. The number of thiazole rings is 1. The molecule has 0 N–H and O–H groups in total. The van der Waals surface area contributed by atoms with Gasteiger partial charge in [0.05, 0.1) is 6.54 Å². The van der Waals surface area contributed by atoms with Crippen molar-refractivity contribution in [2.45, 2.75) is 13.1 Å². The summed E-state index contributed by atoms with van der Waals surface area (Å²) in [6.07, 6.45) is 0. The quantitative estimate of drug-likeness (QED) is 0.351. The third kappa shape index (κ3) is 3.77. The van der Waals surface area contributed by atoms with Crippen LogP contribution in [0.1, 0.15) is 16.2 Å². The molecule has 162 valence electrons. The van der Waals surface area contributed by atoms with Crippen molar-refractivity contribution < 1.29 is 4.79 Å². The monoisotopic (exact) mass is 469 g/mol. The number of fused-ring (bicyclic) bond motifs is 1. The van der Waals surface area contributed by atoms with Crippen LogP contribution in [0.15, 0.2) is 77.5 Å². The zero-order valence-electron chi connectivity index (χ0n) is 17.6. The second-order valence-electron chi connectivity index (χ2n) is 7.78. The van der Waals surface area contributed by atoms with Gasteiger partial charge in [0.1, 0.15) is 10.7 Å². The molecule has 0 saturated carbocycles. The van der Waals surface area contributed by atoms with Crippen LogP contribution in [-0.2, 0) is 13.1 Å². The number of hydrogen-bond donors (Lipinski definition) is 0. The average molecular weight is 470 g/mol. The number of amides is 1. The van der Waals surface area contributed by atoms with E-state index in [1.54, 1.807) is 22.7 Å². The molecule has 6 rings (SSSR count). The first-order valence-corrected chi connectivity index (χ1v) is 12.4. The molecule has 1 aliphatic heterocycles. The lowest BCUT2D eigenvalue weighted by Crippen LogP contribution is -2.38. The summed E-state index contributed by atoms with van der Waals surface area (Å²) in [4.78, 5) is 20.9. The van der Waals surface area contributed by atoms with Crippen molar-refractivity contribution in [2.75, 3.05) is 6.54 Å². The van der Waals surface area contributed by atoms with Crippen molar-refractivity contribution in [3.05, 3.63) is 88.9 Å². The highest BCUT2D eigenvalue weighted by Gasteiger charge is 2.26. The van der Waals surface area contributed by atoms with E-state index in [0.717, 1.165) is 33.5 Å². The molecule has 33 heavy (non-hydrogen) atoms. The molecular formula is C25H19N5OS2. The van der Waals surface area contributed by atoms with E-state index in [1.165, 1.54) is 4.88 Å². The van der Waals surface area contributed by atoms with Gasteiger partial charge in [0.25, 0.3) is 5.91 Å². The number of thiophene rings is 1. The summed E-state index contributed by atoms with van der Waals surface area (Å²) in [5.41, 5.74) is 3.73. The van der Waals surface area contributed by atoms with Crippen LogP contribution < -0.4 is 0 Å². The SMILES string of the molecule is O=C(c1ccc(-c2cccs2)cc1)N1CCn2c(nnc2-c2csc(-c3ccccc3)n2)C1. The number of benzene rings is 2. The first-order chi connectivity index (χ1) is 16.3. The van der Waals surface area contributed by atoms with E-state index in [4.69, 9.17) is 4.98 Å². The van der Waals surface area contributed by atoms with Gasteiger partial charge in [0.15, 0.2) is 11.6 Å². The highest BCUT2D eigenvalue weighted by atomic mass is 32.1. The first-order valence-electron chi connectivity index (χ1n) is 10.6. The molecule has 0 spiro atoms. The molecule has 6 nitrogen and oxygen atoms in total. The summed E-state index contributed by atoms with van der Waals surface area (Å²) < 4.78 is 2.08. The van der Waals surface area contributed by atoms with Crippen LogP contribution in [-0.4, -0.2) is 37.1 Å². The number of rotatable bonds is 4. The van der Waals surface area contributed by atoms with Crippen LogP contribution in [0.5, 0.6) is 0 Å². The summed E-state index contributed by atoms with van der Waals surface area (Å²) in [5.74, 6) is 1.56. The van der Waals surface area contributed by atoms with Gasteiger partial charge in [-0.1, -0.05) is 48.5 Å². The number of hydrogen-bond acceptors (Lipinski definition) is 6. The van der Waals surface area contributed by atoms with E-state index in [-0.39, 0.29) is 5.91 Å². The van der Waals surface area contributed by atoms with E-state index in [0.29, 0.717) is 25.2 Å². The molecule has 3 aromatic heterocycles. The van der Waals surface area contributed by atoms with Crippen LogP contribution in [0.25, 0.3) is 32.5 Å². The van der Waals surface area contributed by atoms with Crippen molar-refractivity contribution in [3.63, 3.8) is 0 Å². The molecule has 5 aromatic rings. The Balaban J connectivity index is 1.20. The van der Waals surface area contributed by atoms with Crippen molar-refractivity contribution in [1.82, 2.24) is 24.6 Å². The fourth-order valence-electron chi connectivity index (χ4n) is 4.01. The third-order valence-corrected chi connectivity index (χ3v) is 7.54. The highest BCUT2D eigenvalue weighted by Crippen LogP contribution is 2.30. The van der Waals surface area contributed by atoms with Crippen LogP contribution in [0.2, 0.25) is 0 Å². The van der Waals surface area contributed by atoms with E-state index in [1.807, 2.05) is 58.8 Å². The molecule has 0 atom stereocenters. The maximum Gasteiger partial charge on any atom is 0.254 e. The van der Waals surface area contributed by atoms with Gasteiger partial charge < -0.3 is 9.47 Å². The topological polar surface area (TPSA) is 63.9 Å². The molecule has 0 unspecified atom stereocenters. The van der Waals surface area contributed by atoms with Gasteiger partial charge in [0.2, 0.25) is 0 Å². The summed E-state index contributed by atoms with van der Waals surface area (Å²) in [7, 11) is 0. The molecule has 0 bridgehead atoms. The molecule has 0 saturated heterocycles. The fourth-order valence-corrected chi connectivity index (χ4v) is 5.55. The molecule has 0 aliphatic carbocycles. The van der Waals surface area contributed by atoms with Crippen LogP contribution in [0.3, 0.4) is 0 Å². The molecule has 0 radical (unpaired) electrons. The van der Waals surface area contributed by atoms with E-state index < -0.39 is 0 Å². The molecule has 4 heterocycles. The lowest BCUT2D eigenvalue weighted by atomic mass is 10.1. The van der Waals surface area contributed by atoms with Gasteiger partial charge in [-0.05, 0) is 29.1 Å². The van der Waals surface area contributed by atoms with Gasteiger partial charge in [-0.15, -0.1) is 32.9 Å². The maximum absolute atomic E-state index is 13.1. The first kappa shape index (κ1) is 20.0. The summed E-state index contributed by atoms with van der Waals surface area (Å²) in [6, 6.07) is 22.1. The Kier molecular flexibility index (Phi) is 5.09. The Morgan fingerprint density at radius 3 is 2.48 bits per heavy atom. The Hall–Kier alpha value is -3.62. The smallest absolute Gasteiger partial charge is 0.254 e. The molecule has 2 aromatic carbocycles. The van der Waals surface area contributed by atoms with Gasteiger partial charge >= 0.3 is 0 Å². The molecule has 8 heteroatoms. The Morgan fingerprint density at radius 2 is 1.70 bits per heavy atom. The zero-order valence-corrected chi connectivity index (χ0v) is 19.2. The number of carbonyl (C=O) groups excluding carboxylic acids is 1. The second-order valence-corrected chi connectivity index (χ2v) is 9.58. The molecule has 0 fully saturated rings. The molecular weight excluding hydrogens is 450 g/mol. The predicted octanol–water partition coefficient (Wildman–Crippen LogP) is 5.45. The maximum atomic E-state index is 13.1. The standard InChI is InChI=1S/C25H19N5OS2/c31-25(19-10-8-17(9-11-19)21-7-4-14-32-21)29-12-13-30-22(15-29)27-28-23(30)20-16-33-24(26-20)18-5-2-1-3-6-18/h1-11,14,16H,12-13,15H2. The number of aromatic nitrogens is 4. The van der Waals surface area contributed by atoms with Gasteiger partial charge in [-0.2, -0.15) is 0 Å². The lowest BCUT2D eigenvalue weighted by Gasteiger charge is -2.27. The van der Waals surface area contributed by atoms with Crippen LogP contribution in [0.4, 0.5) is 0 Å². The fraction of sp³-hybridized carbons (Fsp3) is 0.120. The average Bonchev–Trinajstić information content (AvgIpc) is 3.64. The van der Waals surface area contributed by atoms with Gasteiger partial charge in [-0.25, -0.2) is 4.98 Å². The normalized spacial score (nSPS) is 13.2. The van der Waals surface area contributed by atoms with Crippen LogP contribution in [0, 0.1) is 0 Å². The zero-order chi connectivity index (χ0) is 22.2. The summed E-state index contributed by atoms with van der Waals surface area (Å²) in [6.45, 7) is 1.70. The largest absolute Gasteiger partial charge is 0.329 e. The minimum Gasteiger partial charge on any atom is -0.329 e. The van der Waals surface area contributed by atoms with Crippen molar-refractivity contribution >= 4 is 28.6 Å². The van der Waals surface area contributed by atoms with Crippen molar-refractivity contribution in [1.29, 1.82) is 0 Å². The number of nitrogens with zero attached hydrogens (tertiary/aromatic N) is 5. The minimum atomic E-state index is 0.0172. The van der Waals surface area contributed by atoms with Crippen molar-refractivity contribution in [2.24, 2.45) is 0 Å². The summed E-state index contributed by atoms with van der Waals surface area (Å²) >= 11 is 3.29. The third-order valence-electron chi connectivity index (χ3n) is 5.73. The minimum absolute atomic E-state index is 0.0172. The van der Waals surface area contributed by atoms with Crippen LogP contribution >= 0.6 is 22.7 Å². The van der Waals surface area contributed by atoms with E-state index >= 15 is 0 Å². The van der Waals surface area contributed by atoms with E-state index in [2.05, 4.69) is 38.3 Å². The Labute approximate surface area is 198 Å². The highest BCUT2D eigenvalue weighted by molar-refractivity contribution is 7.13. The second kappa shape index (κ2) is 8.38. The van der Waals surface area contributed by atoms with Crippen molar-refractivity contribution in [3.8, 4) is 32.5 Å². The lowest BCUT2D eigenvalue weighted by molar-refractivity contribution is 0.0708.